The fraction of sp³-hybridized carbons (Fsp3) is 0.300. The highest BCUT2D eigenvalue weighted by Gasteiger charge is 2.30. The Kier molecular flexibility index (Phi) is 4.68. The molecular formula is C10H7ClF4S. The quantitative estimate of drug-likeness (QED) is 0.449. The summed E-state index contributed by atoms with van der Waals surface area (Å²) in [7, 11) is 0. The van der Waals surface area contributed by atoms with Crippen LogP contribution in [0, 0.1) is 0 Å². The number of thiocarbonyl (C=S) groups is 1. The minimum absolute atomic E-state index is 0.0765. The van der Waals surface area contributed by atoms with Crippen LogP contribution < -0.4 is 0 Å². The maximum Gasteiger partial charge on any atom is 0.272 e. The Balaban J connectivity index is 2.85. The lowest BCUT2D eigenvalue weighted by atomic mass is 10.1. The third-order valence-electron chi connectivity index (χ3n) is 1.98. The van der Waals surface area contributed by atoms with E-state index in [0.717, 1.165) is 0 Å². The molecule has 1 rings (SSSR count). The molecule has 0 aliphatic carbocycles. The van der Waals surface area contributed by atoms with Crippen molar-refractivity contribution in [3.05, 3.63) is 35.4 Å². The lowest BCUT2D eigenvalue weighted by Crippen LogP contribution is -2.18. The second kappa shape index (κ2) is 5.59. The molecule has 0 aliphatic rings. The molecule has 0 aromatic heterocycles. The van der Waals surface area contributed by atoms with Crippen molar-refractivity contribution < 1.29 is 17.6 Å². The Hall–Kier alpha value is -0.680. The van der Waals surface area contributed by atoms with E-state index in [9.17, 15) is 17.6 Å². The van der Waals surface area contributed by atoms with Gasteiger partial charge in [-0.15, -0.1) is 0 Å². The zero-order valence-electron chi connectivity index (χ0n) is 7.84. The van der Waals surface area contributed by atoms with Crippen LogP contribution in [0.15, 0.2) is 24.3 Å². The molecule has 6 heteroatoms. The van der Waals surface area contributed by atoms with Gasteiger partial charge in [-0.1, -0.05) is 48.1 Å². The maximum atomic E-state index is 13.2. The summed E-state index contributed by atoms with van der Waals surface area (Å²) in [6, 6.07) is 5.08. The van der Waals surface area contributed by atoms with E-state index in [1.165, 1.54) is 24.3 Å². The molecule has 0 spiro atoms. The first kappa shape index (κ1) is 13.4. The summed E-state index contributed by atoms with van der Waals surface area (Å²) >= 11 is 10.1. The maximum absolute atomic E-state index is 13.2. The van der Waals surface area contributed by atoms with Crippen LogP contribution >= 0.6 is 23.8 Å². The van der Waals surface area contributed by atoms with E-state index in [1.807, 2.05) is 0 Å². The molecule has 0 heterocycles. The van der Waals surface area contributed by atoms with E-state index >= 15 is 0 Å². The Morgan fingerprint density at radius 1 is 1.06 bits per heavy atom. The minimum Gasteiger partial charge on any atom is -0.239 e. The molecular weight excluding hydrogens is 264 g/mol. The molecule has 0 nitrogen and oxygen atoms in total. The minimum atomic E-state index is -3.34. The summed E-state index contributed by atoms with van der Waals surface area (Å²) in [6.45, 7) is 0. The van der Waals surface area contributed by atoms with Crippen molar-refractivity contribution in [3.63, 3.8) is 0 Å². The first-order valence-corrected chi connectivity index (χ1v) is 5.08. The smallest absolute Gasteiger partial charge is 0.239 e. The van der Waals surface area contributed by atoms with Crippen LogP contribution in [0.5, 0.6) is 0 Å². The monoisotopic (exact) mass is 270 g/mol. The number of benzene rings is 1. The highest BCUT2D eigenvalue weighted by atomic mass is 35.5. The van der Waals surface area contributed by atoms with Crippen LogP contribution in [0.4, 0.5) is 17.6 Å². The van der Waals surface area contributed by atoms with Gasteiger partial charge in [-0.2, -0.15) is 0 Å². The van der Waals surface area contributed by atoms with Crippen molar-refractivity contribution in [2.75, 3.05) is 0 Å². The van der Waals surface area contributed by atoms with Crippen molar-refractivity contribution in [1.29, 1.82) is 0 Å². The first-order valence-electron chi connectivity index (χ1n) is 4.29. The van der Waals surface area contributed by atoms with E-state index in [4.69, 9.17) is 11.6 Å². The number of alkyl halides is 4. The summed E-state index contributed by atoms with van der Waals surface area (Å²) in [5, 5.41) is 0. The van der Waals surface area contributed by atoms with Gasteiger partial charge in [0.05, 0.1) is 0 Å². The Morgan fingerprint density at radius 2 is 1.56 bits per heavy atom. The molecule has 88 valence electrons. The molecule has 0 fully saturated rings. The molecule has 0 amide bonds. The fourth-order valence-electron chi connectivity index (χ4n) is 1.11. The topological polar surface area (TPSA) is 0 Å². The highest BCUT2D eigenvalue weighted by molar-refractivity contribution is 7.83. The first-order chi connectivity index (χ1) is 7.43. The van der Waals surface area contributed by atoms with Crippen molar-refractivity contribution >= 4 is 28.1 Å². The fourth-order valence-corrected chi connectivity index (χ4v) is 1.37. The van der Waals surface area contributed by atoms with Crippen molar-refractivity contribution in [3.8, 4) is 0 Å². The standard InChI is InChI=1S/C10H7ClF4S/c11-9(16)6-3-1-5(2-4-6)7(12)8(13)10(14)15/h1-4,7-8,10H. The Morgan fingerprint density at radius 3 is 1.94 bits per heavy atom. The van der Waals surface area contributed by atoms with E-state index in [2.05, 4.69) is 12.2 Å². The molecule has 2 atom stereocenters. The van der Waals surface area contributed by atoms with Crippen LogP contribution in [0.2, 0.25) is 0 Å². The van der Waals surface area contributed by atoms with Gasteiger partial charge in [0.15, 0.2) is 12.3 Å². The van der Waals surface area contributed by atoms with Crippen LogP contribution in [0.3, 0.4) is 0 Å². The summed E-state index contributed by atoms with van der Waals surface area (Å²) in [6.07, 6.45) is -8.52. The van der Waals surface area contributed by atoms with E-state index < -0.39 is 18.8 Å². The molecule has 16 heavy (non-hydrogen) atoms. The zero-order chi connectivity index (χ0) is 12.3. The largest absolute Gasteiger partial charge is 0.272 e. The lowest BCUT2D eigenvalue weighted by Gasteiger charge is -2.13. The van der Waals surface area contributed by atoms with E-state index in [-0.39, 0.29) is 9.89 Å². The van der Waals surface area contributed by atoms with Crippen LogP contribution in [-0.2, 0) is 0 Å². The van der Waals surface area contributed by atoms with Gasteiger partial charge < -0.3 is 0 Å². The predicted octanol–water partition coefficient (Wildman–Crippen LogP) is 4.21. The third-order valence-corrected chi connectivity index (χ3v) is 2.43. The van der Waals surface area contributed by atoms with Crippen molar-refractivity contribution in [1.82, 2.24) is 0 Å². The average Bonchev–Trinajstić information content (AvgIpc) is 2.27. The normalized spacial score (nSPS) is 14.9. The van der Waals surface area contributed by atoms with Gasteiger partial charge in [0, 0.05) is 5.56 Å². The molecule has 0 aliphatic heterocycles. The van der Waals surface area contributed by atoms with Crippen LogP contribution in [0.1, 0.15) is 17.3 Å². The second-order valence-corrected chi connectivity index (χ2v) is 4.09. The van der Waals surface area contributed by atoms with Crippen LogP contribution in [-0.4, -0.2) is 16.9 Å². The van der Waals surface area contributed by atoms with Gasteiger partial charge >= 0.3 is 0 Å². The van der Waals surface area contributed by atoms with Crippen molar-refractivity contribution in [2.45, 2.75) is 18.8 Å². The van der Waals surface area contributed by atoms with E-state index in [1.54, 1.807) is 0 Å². The molecule has 0 saturated carbocycles. The zero-order valence-corrected chi connectivity index (χ0v) is 9.41. The Bertz CT molecular complexity index is 366. The predicted molar refractivity (Wildman–Crippen MR) is 58.7 cm³/mol. The summed E-state index contributed by atoms with van der Waals surface area (Å²) in [5.74, 6) is 0. The number of halogens is 5. The SMILES string of the molecule is FC(F)C(F)C(F)c1ccc(C(=S)Cl)cc1. The molecule has 0 N–H and O–H groups in total. The second-order valence-electron chi connectivity index (χ2n) is 3.08. The molecule has 2 unspecified atom stereocenters. The van der Waals surface area contributed by atoms with Gasteiger partial charge in [0.2, 0.25) is 0 Å². The Labute approximate surface area is 100 Å². The number of hydrogen-bond donors (Lipinski definition) is 0. The van der Waals surface area contributed by atoms with Gasteiger partial charge in [0.1, 0.15) is 4.32 Å². The average molecular weight is 271 g/mol. The summed E-state index contributed by atoms with van der Waals surface area (Å²) in [5.41, 5.74) is 0.296. The molecule has 1 aromatic carbocycles. The van der Waals surface area contributed by atoms with Gasteiger partial charge in [-0.3, -0.25) is 0 Å². The number of hydrogen-bond acceptors (Lipinski definition) is 1. The van der Waals surface area contributed by atoms with Crippen LogP contribution in [0.25, 0.3) is 0 Å². The van der Waals surface area contributed by atoms with Gasteiger partial charge in [-0.05, 0) is 5.56 Å². The van der Waals surface area contributed by atoms with E-state index in [0.29, 0.717) is 5.56 Å². The summed E-state index contributed by atoms with van der Waals surface area (Å²) < 4.78 is 49.8. The van der Waals surface area contributed by atoms with Crippen molar-refractivity contribution in [2.24, 2.45) is 0 Å². The van der Waals surface area contributed by atoms with Gasteiger partial charge in [0.25, 0.3) is 6.43 Å². The molecule has 1 aromatic rings. The highest BCUT2D eigenvalue weighted by Crippen LogP contribution is 2.28. The molecule has 0 radical (unpaired) electrons. The third kappa shape index (κ3) is 3.15. The lowest BCUT2D eigenvalue weighted by molar-refractivity contribution is 0.00280. The van der Waals surface area contributed by atoms with Gasteiger partial charge in [-0.25, -0.2) is 17.6 Å². The summed E-state index contributed by atoms with van der Waals surface area (Å²) in [4.78, 5) is 0. The molecule has 0 saturated heterocycles. The molecule has 0 bridgehead atoms. The number of rotatable bonds is 4.